The Labute approximate surface area is 256 Å². The van der Waals surface area contributed by atoms with E-state index in [1.165, 1.54) is 64.0 Å². The van der Waals surface area contributed by atoms with E-state index in [1.54, 1.807) is 0 Å². The van der Waals surface area contributed by atoms with Crippen LogP contribution in [-0.4, -0.2) is 8.07 Å². The number of benzene rings is 3. The summed E-state index contributed by atoms with van der Waals surface area (Å²) >= 11 is 2.40. The molecule has 37 heavy (non-hydrogen) atoms. The van der Waals surface area contributed by atoms with Crippen LogP contribution < -0.4 is 52.8 Å². The van der Waals surface area contributed by atoms with E-state index in [4.69, 9.17) is 0 Å². The van der Waals surface area contributed by atoms with Gasteiger partial charge in [-0.15, -0.1) is 0 Å². The average molecular weight is 604 g/mol. The van der Waals surface area contributed by atoms with Gasteiger partial charge in [0.25, 0.3) is 0 Å². The van der Waals surface area contributed by atoms with Crippen LogP contribution in [0.25, 0.3) is 0 Å². The van der Waals surface area contributed by atoms with Gasteiger partial charge in [0.2, 0.25) is 0 Å². The average Bonchev–Trinajstić information content (AvgIpc) is 2.89. The molecule has 1 aliphatic rings. The van der Waals surface area contributed by atoms with Crippen LogP contribution in [0.5, 0.6) is 0 Å². The Morgan fingerprint density at radius 2 is 0.946 bits per heavy atom. The molecule has 0 fully saturated rings. The molecule has 0 N–H and O–H groups in total. The van der Waals surface area contributed by atoms with E-state index < -0.39 is 8.07 Å². The number of aryl methyl sites for hydroxylation is 5. The third-order valence-electron chi connectivity index (χ3n) is 8.26. The molecule has 1 atom stereocenters. The molecule has 0 aliphatic heterocycles. The molecule has 0 saturated carbocycles. The smallest absolute Gasteiger partial charge is 1.00 e. The molecule has 3 aromatic carbocycles. The molecule has 0 aromatic heterocycles. The Morgan fingerprint density at radius 3 is 1.30 bits per heavy atom. The molecule has 0 saturated heterocycles. The Hall–Kier alpha value is -1.06. The van der Waals surface area contributed by atoms with Crippen LogP contribution in [0.3, 0.4) is 0 Å². The van der Waals surface area contributed by atoms with Crippen molar-refractivity contribution in [3.8, 4) is 0 Å². The number of halogens is 3. The van der Waals surface area contributed by atoms with Crippen LogP contribution >= 0.6 is 0 Å². The molecule has 1 unspecified atom stereocenters. The number of hydrogen-bond acceptors (Lipinski definition) is 0. The maximum atomic E-state index is 2.56. The predicted octanol–water partition coefficient (Wildman–Crippen LogP) is -2.36. The van der Waals surface area contributed by atoms with Gasteiger partial charge >= 0.3 is 220 Å². The standard InChI is InChI=1S/C32H37Si.3ClH.Ti/c1-21-11-10-12-29(15-21)33(30-16-22(2)13-23(3)17-30,31-18-24(4)14-25(5)19-31)32(9)20-26(6)27(7)28(32)8;;;;/h10-19H,1-9H3;3*1H;/q;;;;+3/p-3. The van der Waals surface area contributed by atoms with Gasteiger partial charge in [-0.1, -0.05) is 0 Å². The first-order chi connectivity index (χ1) is 15.9. The SMILES string of the molecule is CC1=C(C)C(C)([Si](c2cccc(C)c2)(c2cc(C)cc(C)c2)c2cc(C)cc(C)c2)[C]([Ti+3])=C1C.[Cl-].[Cl-].[Cl-]. The molecule has 0 heterocycles. The van der Waals surface area contributed by atoms with Crippen LogP contribution in [0.15, 0.2) is 81.3 Å². The number of rotatable bonds is 4. The van der Waals surface area contributed by atoms with Crippen molar-refractivity contribution in [2.75, 3.05) is 0 Å². The molecule has 0 radical (unpaired) electrons. The quantitative estimate of drug-likeness (QED) is 0.232. The van der Waals surface area contributed by atoms with Crippen molar-refractivity contribution in [2.24, 2.45) is 0 Å². The first-order valence-corrected chi connectivity index (χ1v) is 15.1. The summed E-state index contributed by atoms with van der Waals surface area (Å²) in [5.74, 6) is 0. The topological polar surface area (TPSA) is 0 Å². The first-order valence-electron chi connectivity index (χ1n) is 12.3. The van der Waals surface area contributed by atoms with Gasteiger partial charge in [-0.25, -0.2) is 0 Å². The minimum absolute atomic E-state index is 0. The van der Waals surface area contributed by atoms with E-state index in [2.05, 4.69) is 143 Å². The summed E-state index contributed by atoms with van der Waals surface area (Å²) in [6.45, 7) is 20.9. The van der Waals surface area contributed by atoms with Crippen molar-refractivity contribution in [1.29, 1.82) is 0 Å². The first kappa shape index (κ1) is 34.0. The Balaban J connectivity index is 0.00000228. The van der Waals surface area contributed by atoms with Gasteiger partial charge in [0.05, 0.1) is 0 Å². The fraction of sp³-hybridized carbons (Fsp3) is 0.312. The number of allylic oxidation sites excluding steroid dienone is 4. The second kappa shape index (κ2) is 12.4. The zero-order valence-electron chi connectivity index (χ0n) is 23.4. The molecule has 0 spiro atoms. The molecular weight excluding hydrogens is 567 g/mol. The molecule has 0 bridgehead atoms. The van der Waals surface area contributed by atoms with Gasteiger partial charge in [-0.3, -0.25) is 0 Å². The third-order valence-corrected chi connectivity index (χ3v) is 15.6. The molecule has 0 amide bonds. The van der Waals surface area contributed by atoms with Gasteiger partial charge in [0.1, 0.15) is 0 Å². The molecule has 0 nitrogen and oxygen atoms in total. The minimum atomic E-state index is -2.60. The van der Waals surface area contributed by atoms with Gasteiger partial charge in [-0.2, -0.15) is 0 Å². The Morgan fingerprint density at radius 1 is 0.541 bits per heavy atom. The maximum Gasteiger partial charge on any atom is -1.00 e. The van der Waals surface area contributed by atoms with Gasteiger partial charge in [0.15, 0.2) is 0 Å². The predicted molar refractivity (Wildman–Crippen MR) is 147 cm³/mol. The van der Waals surface area contributed by atoms with Crippen LogP contribution in [-0.2, 0) is 20.4 Å². The van der Waals surface area contributed by atoms with Crippen LogP contribution in [0.4, 0.5) is 0 Å². The van der Waals surface area contributed by atoms with E-state index >= 15 is 0 Å². The van der Waals surface area contributed by atoms with Crippen molar-refractivity contribution in [2.45, 2.75) is 67.4 Å². The van der Waals surface area contributed by atoms with E-state index in [9.17, 15) is 0 Å². The molecule has 194 valence electrons. The molecule has 4 rings (SSSR count). The summed E-state index contributed by atoms with van der Waals surface area (Å²) in [5, 5.41) is 4.48. The van der Waals surface area contributed by atoms with E-state index in [1.807, 2.05) is 0 Å². The van der Waals surface area contributed by atoms with Crippen LogP contribution in [0, 0.1) is 34.6 Å². The fourth-order valence-corrected chi connectivity index (χ4v) is 14.6. The zero-order valence-corrected chi connectivity index (χ0v) is 28.2. The molecule has 3 aromatic rings. The molecular formula is C32H37Cl3SiTi. The largest absolute Gasteiger partial charge is 1.00 e. The summed E-state index contributed by atoms with van der Waals surface area (Å²) in [7, 11) is -2.60. The minimum Gasteiger partial charge on any atom is -1.00 e. The summed E-state index contributed by atoms with van der Waals surface area (Å²) in [6.07, 6.45) is 0. The fourth-order valence-electron chi connectivity index (χ4n) is 6.50. The zero-order chi connectivity index (χ0) is 25.0. The van der Waals surface area contributed by atoms with Gasteiger partial charge < -0.3 is 37.2 Å². The Bertz CT molecular complexity index is 1250. The summed E-state index contributed by atoms with van der Waals surface area (Å²) in [5.41, 5.74) is 11.2. The van der Waals surface area contributed by atoms with Crippen molar-refractivity contribution >= 4 is 23.6 Å². The van der Waals surface area contributed by atoms with E-state index in [-0.39, 0.29) is 42.3 Å². The van der Waals surface area contributed by atoms with E-state index in [0.29, 0.717) is 0 Å². The van der Waals surface area contributed by atoms with E-state index in [0.717, 1.165) is 0 Å². The third kappa shape index (κ3) is 5.38. The van der Waals surface area contributed by atoms with Crippen molar-refractivity contribution in [1.82, 2.24) is 0 Å². The van der Waals surface area contributed by atoms with Gasteiger partial charge in [0, 0.05) is 0 Å². The Kier molecular flexibility index (Phi) is 11.4. The normalized spacial score (nSPS) is 17.3. The monoisotopic (exact) mass is 602 g/mol. The summed E-state index contributed by atoms with van der Waals surface area (Å²) in [4.78, 5) is 0. The maximum absolute atomic E-state index is 2.60. The summed E-state index contributed by atoms with van der Waals surface area (Å²) in [6, 6.07) is 24.0. The van der Waals surface area contributed by atoms with Crippen molar-refractivity contribution in [3.05, 3.63) is 109 Å². The van der Waals surface area contributed by atoms with Crippen LogP contribution in [0.1, 0.15) is 55.5 Å². The summed E-state index contributed by atoms with van der Waals surface area (Å²) < 4.78 is 1.54. The molecule has 1 aliphatic carbocycles. The van der Waals surface area contributed by atoms with Gasteiger partial charge in [-0.05, 0) is 0 Å². The number of hydrogen-bond donors (Lipinski definition) is 0. The van der Waals surface area contributed by atoms with Crippen molar-refractivity contribution in [3.63, 3.8) is 0 Å². The second-order valence-electron chi connectivity index (χ2n) is 10.7. The van der Waals surface area contributed by atoms with Crippen molar-refractivity contribution < 1.29 is 57.7 Å². The second-order valence-corrected chi connectivity index (χ2v) is 15.8. The van der Waals surface area contributed by atoms with Crippen LogP contribution in [0.2, 0.25) is 5.04 Å². The molecule has 5 heteroatoms.